The fraction of sp³-hybridized carbons (Fsp3) is 0.533. The first-order valence-electron chi connectivity index (χ1n) is 6.34. The molecule has 1 aromatic carbocycles. The van der Waals surface area contributed by atoms with Crippen molar-refractivity contribution in [3.8, 4) is 0 Å². The lowest BCUT2D eigenvalue weighted by Gasteiger charge is -2.10. The standard InChI is InChI=1S/C15H22O2S/c1-5-17-15(16)13(4)9-18-10-14-7-11(2)6-12(3)8-14/h6-8,13H,5,9-10H2,1-4H3. The van der Waals surface area contributed by atoms with E-state index in [4.69, 9.17) is 4.74 Å². The summed E-state index contributed by atoms with van der Waals surface area (Å²) in [6.07, 6.45) is 0. The minimum atomic E-state index is -0.0922. The molecule has 0 saturated heterocycles. The van der Waals surface area contributed by atoms with Gasteiger partial charge in [-0.25, -0.2) is 0 Å². The largest absolute Gasteiger partial charge is 0.466 e. The Labute approximate surface area is 114 Å². The summed E-state index contributed by atoms with van der Waals surface area (Å²) in [6, 6.07) is 6.58. The van der Waals surface area contributed by atoms with E-state index in [0.717, 1.165) is 11.5 Å². The summed E-state index contributed by atoms with van der Waals surface area (Å²) < 4.78 is 4.99. The van der Waals surface area contributed by atoms with Gasteiger partial charge in [0.1, 0.15) is 0 Å². The average molecular weight is 266 g/mol. The number of hydrogen-bond donors (Lipinski definition) is 0. The molecule has 1 atom stereocenters. The van der Waals surface area contributed by atoms with Gasteiger partial charge in [0.15, 0.2) is 0 Å². The summed E-state index contributed by atoms with van der Waals surface area (Å²) in [5, 5.41) is 0. The van der Waals surface area contributed by atoms with Crippen molar-refractivity contribution in [3.63, 3.8) is 0 Å². The Morgan fingerprint density at radius 2 is 1.89 bits per heavy atom. The fourth-order valence-electron chi connectivity index (χ4n) is 1.86. The molecular weight excluding hydrogens is 244 g/mol. The minimum absolute atomic E-state index is 0.0270. The monoisotopic (exact) mass is 266 g/mol. The molecule has 0 fully saturated rings. The molecule has 3 heteroatoms. The van der Waals surface area contributed by atoms with E-state index in [1.807, 2.05) is 13.8 Å². The molecule has 1 aromatic rings. The maximum absolute atomic E-state index is 11.5. The third-order valence-electron chi connectivity index (χ3n) is 2.61. The van der Waals surface area contributed by atoms with Crippen LogP contribution in [0.15, 0.2) is 18.2 Å². The number of esters is 1. The predicted octanol–water partition coefficient (Wildman–Crippen LogP) is 3.74. The first kappa shape index (κ1) is 15.1. The third kappa shape index (κ3) is 5.13. The zero-order valence-corrected chi connectivity index (χ0v) is 12.5. The Bertz CT molecular complexity index is 381. The molecule has 0 heterocycles. The summed E-state index contributed by atoms with van der Waals surface area (Å²) in [5.41, 5.74) is 3.92. The minimum Gasteiger partial charge on any atom is -0.466 e. The topological polar surface area (TPSA) is 26.3 Å². The molecule has 0 amide bonds. The van der Waals surface area contributed by atoms with Gasteiger partial charge in [0.25, 0.3) is 0 Å². The van der Waals surface area contributed by atoms with Gasteiger partial charge < -0.3 is 4.74 Å². The highest BCUT2D eigenvalue weighted by molar-refractivity contribution is 7.98. The van der Waals surface area contributed by atoms with E-state index < -0.39 is 0 Å². The molecule has 0 aliphatic rings. The van der Waals surface area contributed by atoms with Gasteiger partial charge in [-0.3, -0.25) is 4.79 Å². The molecule has 2 nitrogen and oxygen atoms in total. The molecule has 0 aliphatic carbocycles. The van der Waals surface area contributed by atoms with E-state index in [0.29, 0.717) is 6.61 Å². The highest BCUT2D eigenvalue weighted by Crippen LogP contribution is 2.18. The van der Waals surface area contributed by atoms with Gasteiger partial charge in [-0.2, -0.15) is 11.8 Å². The smallest absolute Gasteiger partial charge is 0.309 e. The van der Waals surface area contributed by atoms with Crippen LogP contribution in [0.4, 0.5) is 0 Å². The van der Waals surface area contributed by atoms with E-state index >= 15 is 0 Å². The van der Waals surface area contributed by atoms with Crippen LogP contribution < -0.4 is 0 Å². The Kier molecular flexibility index (Phi) is 6.27. The van der Waals surface area contributed by atoms with Gasteiger partial charge in [0.05, 0.1) is 12.5 Å². The molecule has 0 spiro atoms. The molecule has 1 rings (SSSR count). The van der Waals surface area contributed by atoms with Crippen LogP contribution >= 0.6 is 11.8 Å². The van der Waals surface area contributed by atoms with E-state index in [1.54, 1.807) is 11.8 Å². The van der Waals surface area contributed by atoms with Gasteiger partial charge >= 0.3 is 5.97 Å². The Morgan fingerprint density at radius 3 is 2.44 bits per heavy atom. The van der Waals surface area contributed by atoms with Gasteiger partial charge in [-0.1, -0.05) is 36.2 Å². The van der Waals surface area contributed by atoms with Crippen molar-refractivity contribution < 1.29 is 9.53 Å². The van der Waals surface area contributed by atoms with Crippen molar-refractivity contribution in [2.24, 2.45) is 5.92 Å². The van der Waals surface area contributed by atoms with E-state index in [-0.39, 0.29) is 11.9 Å². The van der Waals surface area contributed by atoms with Crippen molar-refractivity contribution >= 4 is 17.7 Å². The Morgan fingerprint density at radius 1 is 1.28 bits per heavy atom. The highest BCUT2D eigenvalue weighted by Gasteiger charge is 2.13. The molecule has 0 N–H and O–H groups in total. The molecule has 100 valence electrons. The maximum Gasteiger partial charge on any atom is 0.309 e. The number of thioether (sulfide) groups is 1. The summed E-state index contributed by atoms with van der Waals surface area (Å²) in [5.74, 6) is 1.64. The fourth-order valence-corrected chi connectivity index (χ4v) is 2.87. The summed E-state index contributed by atoms with van der Waals surface area (Å²) in [7, 11) is 0. The van der Waals surface area contributed by atoms with Gasteiger partial charge in [0, 0.05) is 11.5 Å². The zero-order chi connectivity index (χ0) is 13.5. The number of carbonyl (C=O) groups is 1. The molecule has 18 heavy (non-hydrogen) atoms. The molecule has 1 unspecified atom stereocenters. The summed E-state index contributed by atoms with van der Waals surface area (Å²) >= 11 is 1.79. The van der Waals surface area contributed by atoms with Crippen LogP contribution in [0.25, 0.3) is 0 Å². The van der Waals surface area contributed by atoms with Crippen LogP contribution in [0.1, 0.15) is 30.5 Å². The van der Waals surface area contributed by atoms with Gasteiger partial charge in [0.2, 0.25) is 0 Å². The van der Waals surface area contributed by atoms with Crippen LogP contribution in [0.3, 0.4) is 0 Å². The average Bonchev–Trinajstić information content (AvgIpc) is 2.27. The second-order valence-corrected chi connectivity index (χ2v) is 5.69. The molecule has 0 aliphatic heterocycles. The number of aryl methyl sites for hydroxylation is 2. The number of ether oxygens (including phenoxy) is 1. The second kappa shape index (κ2) is 7.47. The highest BCUT2D eigenvalue weighted by atomic mass is 32.2. The van der Waals surface area contributed by atoms with E-state index in [1.165, 1.54) is 16.7 Å². The Hall–Kier alpha value is -0.960. The van der Waals surface area contributed by atoms with Crippen LogP contribution in [0, 0.1) is 19.8 Å². The van der Waals surface area contributed by atoms with E-state index in [2.05, 4.69) is 32.0 Å². The van der Waals surface area contributed by atoms with Crippen molar-refractivity contribution in [3.05, 3.63) is 34.9 Å². The van der Waals surface area contributed by atoms with Crippen molar-refractivity contribution in [2.45, 2.75) is 33.4 Å². The molecule has 0 aromatic heterocycles. The van der Waals surface area contributed by atoms with Gasteiger partial charge in [-0.05, 0) is 26.3 Å². The number of benzene rings is 1. The van der Waals surface area contributed by atoms with Crippen LogP contribution in [0.2, 0.25) is 0 Å². The number of rotatable bonds is 6. The maximum atomic E-state index is 11.5. The van der Waals surface area contributed by atoms with Gasteiger partial charge in [-0.15, -0.1) is 0 Å². The van der Waals surface area contributed by atoms with Crippen molar-refractivity contribution in [1.82, 2.24) is 0 Å². The quantitative estimate of drug-likeness (QED) is 0.734. The molecular formula is C15H22O2S. The first-order valence-corrected chi connectivity index (χ1v) is 7.50. The predicted molar refractivity (Wildman–Crippen MR) is 77.9 cm³/mol. The summed E-state index contributed by atoms with van der Waals surface area (Å²) in [6.45, 7) is 8.45. The number of carbonyl (C=O) groups excluding carboxylic acids is 1. The van der Waals surface area contributed by atoms with Crippen LogP contribution in [-0.2, 0) is 15.3 Å². The lowest BCUT2D eigenvalue weighted by Crippen LogP contribution is -2.16. The normalized spacial score (nSPS) is 12.2. The second-order valence-electron chi connectivity index (χ2n) is 4.66. The third-order valence-corrected chi connectivity index (χ3v) is 3.88. The van der Waals surface area contributed by atoms with Crippen LogP contribution in [-0.4, -0.2) is 18.3 Å². The SMILES string of the molecule is CCOC(=O)C(C)CSCc1cc(C)cc(C)c1. The molecule has 0 bridgehead atoms. The first-order chi connectivity index (χ1) is 8.52. The molecule has 0 radical (unpaired) electrons. The van der Waals surface area contributed by atoms with Crippen molar-refractivity contribution in [1.29, 1.82) is 0 Å². The zero-order valence-electron chi connectivity index (χ0n) is 11.7. The van der Waals surface area contributed by atoms with Crippen molar-refractivity contribution in [2.75, 3.05) is 12.4 Å². The Balaban J connectivity index is 2.39. The summed E-state index contributed by atoms with van der Waals surface area (Å²) in [4.78, 5) is 11.5. The lowest BCUT2D eigenvalue weighted by molar-refractivity contribution is -0.146. The van der Waals surface area contributed by atoms with E-state index in [9.17, 15) is 4.79 Å². The molecule has 0 saturated carbocycles. The lowest BCUT2D eigenvalue weighted by atomic mass is 10.1. The van der Waals surface area contributed by atoms with Crippen LogP contribution in [0.5, 0.6) is 0 Å². The number of hydrogen-bond acceptors (Lipinski definition) is 3.